The van der Waals surface area contributed by atoms with Crippen LogP contribution in [0.1, 0.15) is 38.4 Å². The molecule has 0 saturated heterocycles. The van der Waals surface area contributed by atoms with Crippen LogP contribution in [0.5, 0.6) is 0 Å². The third-order valence-electron chi connectivity index (χ3n) is 3.18. The average molecular weight is 300 g/mol. The van der Waals surface area contributed by atoms with Crippen LogP contribution < -0.4 is 11.1 Å². The van der Waals surface area contributed by atoms with Gasteiger partial charge in [-0.2, -0.15) is 0 Å². The molecule has 0 radical (unpaired) electrons. The van der Waals surface area contributed by atoms with E-state index in [9.17, 15) is 4.79 Å². The van der Waals surface area contributed by atoms with E-state index in [1.165, 1.54) is 0 Å². The highest BCUT2D eigenvalue weighted by Gasteiger charge is 2.12. The first-order valence-electron chi connectivity index (χ1n) is 7.38. The second-order valence-corrected chi connectivity index (χ2v) is 4.82. The number of carbonyl (C=O) groups is 1. The van der Waals surface area contributed by atoms with E-state index < -0.39 is 5.91 Å². The van der Waals surface area contributed by atoms with Crippen molar-refractivity contribution >= 4 is 17.8 Å². The summed E-state index contributed by atoms with van der Waals surface area (Å²) in [7, 11) is 0. The number of amides is 1. The van der Waals surface area contributed by atoms with Crippen LogP contribution in [-0.2, 0) is 11.2 Å². The van der Waals surface area contributed by atoms with Crippen molar-refractivity contribution in [3.05, 3.63) is 47.1 Å². The number of nitrogens with two attached hydrogens (primary N) is 1. The first-order chi connectivity index (χ1) is 10.5. The molecule has 0 saturated carbocycles. The van der Waals surface area contributed by atoms with Crippen LogP contribution in [0.2, 0.25) is 0 Å². The monoisotopic (exact) mass is 300 g/mol. The Bertz CT molecular complexity index is 615. The molecular formula is C17H24N4O. The van der Waals surface area contributed by atoms with Gasteiger partial charge < -0.3 is 11.1 Å². The SMILES string of the molecule is CC=N/C(Nc1cnc(CC)c(C)c1)=C(\C/C=C/C)C(N)=O. The molecule has 0 aliphatic heterocycles. The van der Waals surface area contributed by atoms with Crippen LogP contribution in [0.15, 0.2) is 40.8 Å². The van der Waals surface area contributed by atoms with Gasteiger partial charge in [0, 0.05) is 11.9 Å². The Balaban J connectivity index is 3.19. The highest BCUT2D eigenvalue weighted by atomic mass is 16.1. The van der Waals surface area contributed by atoms with Crippen molar-refractivity contribution in [2.24, 2.45) is 10.7 Å². The quantitative estimate of drug-likeness (QED) is 0.461. The van der Waals surface area contributed by atoms with E-state index in [2.05, 4.69) is 22.2 Å². The van der Waals surface area contributed by atoms with Crippen LogP contribution in [0.4, 0.5) is 5.69 Å². The predicted octanol–water partition coefficient (Wildman–Crippen LogP) is 3.12. The van der Waals surface area contributed by atoms with Gasteiger partial charge in [0.1, 0.15) is 5.82 Å². The molecule has 1 heterocycles. The lowest BCUT2D eigenvalue weighted by Gasteiger charge is -2.12. The van der Waals surface area contributed by atoms with Crippen LogP contribution in [0.25, 0.3) is 0 Å². The number of nitrogens with zero attached hydrogens (tertiary/aromatic N) is 2. The number of primary amides is 1. The number of aryl methyl sites for hydroxylation is 2. The summed E-state index contributed by atoms with van der Waals surface area (Å²) in [4.78, 5) is 20.3. The smallest absolute Gasteiger partial charge is 0.248 e. The molecule has 3 N–H and O–H groups in total. The van der Waals surface area contributed by atoms with Crippen molar-refractivity contribution in [1.82, 2.24) is 4.98 Å². The molecule has 0 atom stereocenters. The van der Waals surface area contributed by atoms with Crippen molar-refractivity contribution in [3.8, 4) is 0 Å². The Hall–Kier alpha value is -2.43. The summed E-state index contributed by atoms with van der Waals surface area (Å²) >= 11 is 0. The van der Waals surface area contributed by atoms with Gasteiger partial charge in [-0.05, 0) is 45.2 Å². The topological polar surface area (TPSA) is 80.4 Å². The Morgan fingerprint density at radius 2 is 2.18 bits per heavy atom. The maximum Gasteiger partial charge on any atom is 0.248 e. The lowest BCUT2D eigenvalue weighted by molar-refractivity contribution is -0.114. The lowest BCUT2D eigenvalue weighted by atomic mass is 10.1. The Labute approximate surface area is 132 Å². The number of anilines is 1. The van der Waals surface area contributed by atoms with Gasteiger partial charge in [-0.25, -0.2) is 4.99 Å². The summed E-state index contributed by atoms with van der Waals surface area (Å²) < 4.78 is 0. The molecular weight excluding hydrogens is 276 g/mol. The van der Waals surface area contributed by atoms with Gasteiger partial charge in [0.05, 0.1) is 17.5 Å². The summed E-state index contributed by atoms with van der Waals surface area (Å²) in [5.74, 6) is -0.0281. The van der Waals surface area contributed by atoms with Crippen LogP contribution in [0, 0.1) is 6.92 Å². The molecule has 1 aromatic rings. The molecule has 0 unspecified atom stereocenters. The second-order valence-electron chi connectivity index (χ2n) is 4.82. The molecule has 22 heavy (non-hydrogen) atoms. The third-order valence-corrected chi connectivity index (χ3v) is 3.18. The highest BCUT2D eigenvalue weighted by Crippen LogP contribution is 2.18. The number of rotatable bonds is 7. The molecule has 0 spiro atoms. The minimum absolute atomic E-state index is 0.435. The molecule has 1 amide bonds. The molecule has 1 rings (SSSR count). The van der Waals surface area contributed by atoms with E-state index in [0.29, 0.717) is 17.8 Å². The van der Waals surface area contributed by atoms with Crippen molar-refractivity contribution in [2.75, 3.05) is 5.32 Å². The molecule has 0 bridgehead atoms. The zero-order valence-corrected chi connectivity index (χ0v) is 13.7. The lowest BCUT2D eigenvalue weighted by Crippen LogP contribution is -2.18. The van der Waals surface area contributed by atoms with Crippen molar-refractivity contribution < 1.29 is 4.79 Å². The summed E-state index contributed by atoms with van der Waals surface area (Å²) in [6.07, 6.45) is 8.43. The first kappa shape index (κ1) is 17.6. The van der Waals surface area contributed by atoms with E-state index in [4.69, 9.17) is 5.73 Å². The zero-order chi connectivity index (χ0) is 16.5. The van der Waals surface area contributed by atoms with Gasteiger partial charge in [0.2, 0.25) is 5.91 Å². The molecule has 1 aromatic heterocycles. The summed E-state index contributed by atoms with van der Waals surface area (Å²) in [5.41, 5.74) is 8.86. The van der Waals surface area contributed by atoms with Gasteiger partial charge in [-0.1, -0.05) is 19.1 Å². The number of aromatic nitrogens is 1. The van der Waals surface area contributed by atoms with Crippen LogP contribution >= 0.6 is 0 Å². The fraction of sp³-hybridized carbons (Fsp3) is 0.353. The van der Waals surface area contributed by atoms with Crippen LogP contribution in [0.3, 0.4) is 0 Å². The minimum Gasteiger partial charge on any atom is -0.366 e. The van der Waals surface area contributed by atoms with E-state index in [-0.39, 0.29) is 0 Å². The fourth-order valence-electron chi connectivity index (χ4n) is 2.04. The van der Waals surface area contributed by atoms with Gasteiger partial charge in [0.15, 0.2) is 0 Å². The van der Waals surface area contributed by atoms with Gasteiger partial charge in [0.25, 0.3) is 0 Å². The van der Waals surface area contributed by atoms with Crippen molar-refractivity contribution in [1.29, 1.82) is 0 Å². The molecule has 118 valence electrons. The number of carbonyl (C=O) groups excluding carboxylic acids is 1. The predicted molar refractivity (Wildman–Crippen MR) is 91.8 cm³/mol. The van der Waals surface area contributed by atoms with Crippen LogP contribution in [-0.4, -0.2) is 17.1 Å². The number of hydrogen-bond donors (Lipinski definition) is 2. The van der Waals surface area contributed by atoms with E-state index in [1.807, 2.05) is 32.1 Å². The minimum atomic E-state index is -0.485. The molecule has 5 nitrogen and oxygen atoms in total. The summed E-state index contributed by atoms with van der Waals surface area (Å²) in [6, 6.07) is 1.99. The molecule has 5 heteroatoms. The maximum absolute atomic E-state index is 11.7. The normalized spacial score (nSPS) is 12.7. The molecule has 0 aromatic carbocycles. The maximum atomic E-state index is 11.7. The number of pyridine rings is 1. The molecule has 0 fully saturated rings. The molecule has 0 aliphatic carbocycles. The summed E-state index contributed by atoms with van der Waals surface area (Å²) in [6.45, 7) is 7.76. The standard InChI is InChI=1S/C17H24N4O/c1-5-8-9-14(16(18)22)17(19-7-3)21-13-10-12(4)15(6-2)20-11-13/h5,7-8,10-11,21H,6,9H2,1-4H3,(H2,18,22)/b8-5+,17-14-,19-7?. The van der Waals surface area contributed by atoms with E-state index in [1.54, 1.807) is 19.3 Å². The van der Waals surface area contributed by atoms with Gasteiger partial charge in [-0.3, -0.25) is 9.78 Å². The summed E-state index contributed by atoms with van der Waals surface area (Å²) in [5, 5.41) is 3.15. The number of aliphatic imine (C=N–C) groups is 1. The zero-order valence-electron chi connectivity index (χ0n) is 13.7. The number of nitrogens with one attached hydrogen (secondary N) is 1. The van der Waals surface area contributed by atoms with Gasteiger partial charge in [-0.15, -0.1) is 0 Å². The Morgan fingerprint density at radius 3 is 2.68 bits per heavy atom. The second kappa shape index (κ2) is 8.77. The number of hydrogen-bond acceptors (Lipinski definition) is 4. The Kier molecular flexibility index (Phi) is 7.02. The first-order valence-corrected chi connectivity index (χ1v) is 7.38. The van der Waals surface area contributed by atoms with E-state index >= 15 is 0 Å². The largest absolute Gasteiger partial charge is 0.366 e. The third kappa shape index (κ3) is 4.84. The highest BCUT2D eigenvalue weighted by molar-refractivity contribution is 5.93. The Morgan fingerprint density at radius 1 is 1.45 bits per heavy atom. The fourth-order valence-corrected chi connectivity index (χ4v) is 2.04. The van der Waals surface area contributed by atoms with Gasteiger partial charge >= 0.3 is 0 Å². The average Bonchev–Trinajstić information content (AvgIpc) is 2.47. The molecule has 0 aliphatic rings. The van der Waals surface area contributed by atoms with Crippen molar-refractivity contribution in [3.63, 3.8) is 0 Å². The number of allylic oxidation sites excluding steroid dienone is 2. The van der Waals surface area contributed by atoms with E-state index in [0.717, 1.165) is 23.4 Å². The van der Waals surface area contributed by atoms with Crippen molar-refractivity contribution in [2.45, 2.75) is 40.5 Å².